The first-order valence-electron chi connectivity index (χ1n) is 4.89. The quantitative estimate of drug-likeness (QED) is 0.691. The molecule has 1 amide bonds. The molecule has 3 N–H and O–H groups in total. The smallest absolute Gasteiger partial charge is 0.320 e. The molecule has 0 bridgehead atoms. The number of benzene rings is 1. The zero-order valence-electron chi connectivity index (χ0n) is 9.50. The molecule has 0 atom stereocenters. The number of anilines is 1. The van der Waals surface area contributed by atoms with Crippen molar-refractivity contribution in [2.45, 2.75) is 0 Å². The Hall–Kier alpha value is -2.09. The standard InChI is InChI=1S/C10H12N2O5S/c1-11-10(15)7-4-2-3-5-8(7)12-18(16,17)6-9(13)14/h2-5,12H,6H2,1H3,(H,11,15)(H,13,14). The van der Waals surface area contributed by atoms with Crippen molar-refractivity contribution in [1.82, 2.24) is 5.32 Å². The van der Waals surface area contributed by atoms with Gasteiger partial charge < -0.3 is 10.4 Å². The van der Waals surface area contributed by atoms with Gasteiger partial charge in [0.1, 0.15) is 0 Å². The van der Waals surface area contributed by atoms with E-state index >= 15 is 0 Å². The summed E-state index contributed by atoms with van der Waals surface area (Å²) in [6.45, 7) is 0. The van der Waals surface area contributed by atoms with Gasteiger partial charge in [0, 0.05) is 7.05 Å². The molecule has 0 radical (unpaired) electrons. The van der Waals surface area contributed by atoms with E-state index in [9.17, 15) is 18.0 Å². The van der Waals surface area contributed by atoms with Crippen LogP contribution in [0.5, 0.6) is 0 Å². The molecular formula is C10H12N2O5S. The van der Waals surface area contributed by atoms with Gasteiger partial charge in [0.2, 0.25) is 10.0 Å². The maximum Gasteiger partial charge on any atom is 0.320 e. The summed E-state index contributed by atoms with van der Waals surface area (Å²) in [5.74, 6) is -3.00. The van der Waals surface area contributed by atoms with E-state index in [-0.39, 0.29) is 11.3 Å². The molecule has 8 heteroatoms. The van der Waals surface area contributed by atoms with Crippen molar-refractivity contribution >= 4 is 27.6 Å². The van der Waals surface area contributed by atoms with Crippen LogP contribution in [0.1, 0.15) is 10.4 Å². The number of aliphatic carboxylic acids is 1. The van der Waals surface area contributed by atoms with Crippen molar-refractivity contribution in [3.05, 3.63) is 29.8 Å². The Morgan fingerprint density at radius 3 is 2.44 bits per heavy atom. The number of sulfonamides is 1. The van der Waals surface area contributed by atoms with Crippen molar-refractivity contribution in [2.75, 3.05) is 17.5 Å². The third-order valence-corrected chi connectivity index (χ3v) is 3.14. The number of carbonyl (C=O) groups is 2. The molecule has 0 spiro atoms. The molecule has 0 saturated heterocycles. The Balaban J connectivity index is 3.05. The third-order valence-electron chi connectivity index (χ3n) is 1.98. The van der Waals surface area contributed by atoms with Crippen molar-refractivity contribution in [3.8, 4) is 0 Å². The molecule has 0 heterocycles. The Labute approximate surface area is 104 Å². The van der Waals surface area contributed by atoms with E-state index in [1.54, 1.807) is 6.07 Å². The van der Waals surface area contributed by atoms with E-state index in [0.717, 1.165) is 0 Å². The molecule has 0 aliphatic heterocycles. The molecule has 0 unspecified atom stereocenters. The average Bonchev–Trinajstić information content (AvgIpc) is 2.26. The maximum atomic E-state index is 11.5. The Kier molecular flexibility index (Phi) is 4.27. The monoisotopic (exact) mass is 272 g/mol. The number of amides is 1. The van der Waals surface area contributed by atoms with E-state index in [2.05, 4.69) is 10.0 Å². The second-order valence-electron chi connectivity index (χ2n) is 3.38. The lowest BCUT2D eigenvalue weighted by Crippen LogP contribution is -2.25. The number of carboxylic acids is 1. The van der Waals surface area contributed by atoms with E-state index in [1.807, 2.05) is 0 Å². The molecule has 98 valence electrons. The van der Waals surface area contributed by atoms with Gasteiger partial charge in [-0.3, -0.25) is 14.3 Å². The van der Waals surface area contributed by atoms with Crippen LogP contribution < -0.4 is 10.0 Å². The Morgan fingerprint density at radius 2 is 1.89 bits per heavy atom. The van der Waals surface area contributed by atoms with Crippen LogP contribution in [-0.4, -0.2) is 38.2 Å². The third kappa shape index (κ3) is 3.74. The maximum absolute atomic E-state index is 11.5. The van der Waals surface area contributed by atoms with Crippen LogP contribution in [-0.2, 0) is 14.8 Å². The summed E-state index contributed by atoms with van der Waals surface area (Å²) in [5, 5.41) is 10.8. The highest BCUT2D eigenvalue weighted by atomic mass is 32.2. The predicted molar refractivity (Wildman–Crippen MR) is 64.9 cm³/mol. The zero-order valence-corrected chi connectivity index (χ0v) is 10.3. The lowest BCUT2D eigenvalue weighted by Gasteiger charge is -2.10. The van der Waals surface area contributed by atoms with Gasteiger partial charge in [-0.05, 0) is 12.1 Å². The van der Waals surface area contributed by atoms with E-state index < -0.39 is 27.7 Å². The van der Waals surface area contributed by atoms with Gasteiger partial charge >= 0.3 is 5.97 Å². The van der Waals surface area contributed by atoms with Crippen LogP contribution >= 0.6 is 0 Å². The average molecular weight is 272 g/mol. The lowest BCUT2D eigenvalue weighted by molar-refractivity contribution is -0.134. The summed E-state index contributed by atoms with van der Waals surface area (Å²) in [6.07, 6.45) is 0. The molecule has 1 rings (SSSR count). The number of carbonyl (C=O) groups excluding carboxylic acids is 1. The largest absolute Gasteiger partial charge is 0.480 e. The molecule has 0 aliphatic rings. The van der Waals surface area contributed by atoms with Gasteiger partial charge in [-0.25, -0.2) is 8.42 Å². The summed E-state index contributed by atoms with van der Waals surface area (Å²) in [7, 11) is -2.62. The van der Waals surface area contributed by atoms with Gasteiger partial charge in [0.25, 0.3) is 5.91 Å². The fourth-order valence-corrected chi connectivity index (χ4v) is 2.18. The highest BCUT2D eigenvalue weighted by Crippen LogP contribution is 2.16. The Morgan fingerprint density at radius 1 is 1.28 bits per heavy atom. The van der Waals surface area contributed by atoms with Gasteiger partial charge in [-0.15, -0.1) is 0 Å². The minimum Gasteiger partial charge on any atom is -0.480 e. The van der Waals surface area contributed by atoms with E-state index in [0.29, 0.717) is 0 Å². The van der Waals surface area contributed by atoms with Gasteiger partial charge in [-0.1, -0.05) is 12.1 Å². The minimum atomic E-state index is -4.03. The summed E-state index contributed by atoms with van der Waals surface area (Å²) < 4.78 is 25.0. The highest BCUT2D eigenvalue weighted by molar-refractivity contribution is 7.93. The number of nitrogens with one attached hydrogen (secondary N) is 2. The first-order valence-corrected chi connectivity index (χ1v) is 6.54. The lowest BCUT2D eigenvalue weighted by atomic mass is 10.2. The molecular weight excluding hydrogens is 260 g/mol. The van der Waals surface area contributed by atoms with Gasteiger partial charge in [0.05, 0.1) is 11.3 Å². The summed E-state index contributed by atoms with van der Waals surface area (Å²) in [4.78, 5) is 21.9. The normalized spacial score (nSPS) is 10.7. The Bertz CT molecular complexity index is 567. The fourth-order valence-electron chi connectivity index (χ4n) is 1.27. The summed E-state index contributed by atoms with van der Waals surface area (Å²) in [5.41, 5.74) is 0.159. The highest BCUT2D eigenvalue weighted by Gasteiger charge is 2.18. The fraction of sp³-hybridized carbons (Fsp3) is 0.200. The summed E-state index contributed by atoms with van der Waals surface area (Å²) in [6, 6.07) is 5.91. The number of carboxylic acid groups (broad SMARTS) is 1. The van der Waals surface area contributed by atoms with Crippen LogP contribution in [0.4, 0.5) is 5.69 Å². The van der Waals surface area contributed by atoms with Crippen molar-refractivity contribution in [1.29, 1.82) is 0 Å². The number of hydrogen-bond acceptors (Lipinski definition) is 4. The zero-order chi connectivity index (χ0) is 13.8. The minimum absolute atomic E-state index is 0.0399. The second kappa shape index (κ2) is 5.50. The van der Waals surface area contributed by atoms with Crippen molar-refractivity contribution < 1.29 is 23.1 Å². The van der Waals surface area contributed by atoms with Crippen molar-refractivity contribution in [2.24, 2.45) is 0 Å². The summed E-state index contributed by atoms with van der Waals surface area (Å²) >= 11 is 0. The molecule has 1 aromatic carbocycles. The molecule has 1 aromatic rings. The molecule has 0 aliphatic carbocycles. The van der Waals surface area contributed by atoms with E-state index in [4.69, 9.17) is 5.11 Å². The van der Waals surface area contributed by atoms with Gasteiger partial charge in [0.15, 0.2) is 5.75 Å². The molecule has 0 saturated carbocycles. The number of hydrogen-bond donors (Lipinski definition) is 3. The first kappa shape index (κ1) is 14.0. The topological polar surface area (TPSA) is 113 Å². The van der Waals surface area contributed by atoms with E-state index in [1.165, 1.54) is 25.2 Å². The second-order valence-corrected chi connectivity index (χ2v) is 5.10. The first-order chi connectivity index (χ1) is 8.35. The van der Waals surface area contributed by atoms with Crippen LogP contribution in [0.2, 0.25) is 0 Å². The number of para-hydroxylation sites is 1. The molecule has 18 heavy (non-hydrogen) atoms. The molecule has 0 aromatic heterocycles. The van der Waals surface area contributed by atoms with Crippen LogP contribution in [0.3, 0.4) is 0 Å². The molecule has 7 nitrogen and oxygen atoms in total. The molecule has 0 fully saturated rings. The van der Waals surface area contributed by atoms with Crippen LogP contribution in [0, 0.1) is 0 Å². The van der Waals surface area contributed by atoms with Crippen molar-refractivity contribution in [3.63, 3.8) is 0 Å². The van der Waals surface area contributed by atoms with Crippen LogP contribution in [0.15, 0.2) is 24.3 Å². The predicted octanol–water partition coefficient (Wildman–Crippen LogP) is -0.128. The SMILES string of the molecule is CNC(=O)c1ccccc1NS(=O)(=O)CC(=O)O. The van der Waals surface area contributed by atoms with Gasteiger partial charge in [-0.2, -0.15) is 0 Å². The number of rotatable bonds is 5. The van der Waals surface area contributed by atoms with Crippen LogP contribution in [0.25, 0.3) is 0 Å².